The average Bonchev–Trinajstić information content (AvgIpc) is 2.95. The summed E-state index contributed by atoms with van der Waals surface area (Å²) in [5.74, 6) is -1.36. The first-order chi connectivity index (χ1) is 10.9. The molecule has 0 aromatic heterocycles. The van der Waals surface area contributed by atoms with Crippen molar-refractivity contribution >= 4 is 12.0 Å². The Labute approximate surface area is 141 Å². The van der Waals surface area contributed by atoms with Crippen molar-refractivity contribution < 1.29 is 34.0 Å². The highest BCUT2D eigenvalue weighted by molar-refractivity contribution is 5.94. The number of amides is 2. The normalized spacial score (nSPS) is 31.4. The van der Waals surface area contributed by atoms with E-state index in [9.17, 15) is 19.8 Å². The molecule has 0 radical (unpaired) electrons. The minimum atomic E-state index is -1.18. The fourth-order valence-corrected chi connectivity index (χ4v) is 3.09. The number of imide groups is 1. The Kier molecular flexibility index (Phi) is 5.25. The van der Waals surface area contributed by atoms with Gasteiger partial charge in [0.2, 0.25) is 5.91 Å². The third kappa shape index (κ3) is 4.05. The molecule has 8 nitrogen and oxygen atoms in total. The number of hydrogen-bond donors (Lipinski definition) is 2. The van der Waals surface area contributed by atoms with Gasteiger partial charge in [0.1, 0.15) is 23.9 Å². The van der Waals surface area contributed by atoms with Crippen LogP contribution in [0.1, 0.15) is 47.5 Å². The largest absolute Gasteiger partial charge is 0.443 e. The molecule has 0 aliphatic carbocycles. The van der Waals surface area contributed by atoms with Crippen molar-refractivity contribution in [2.75, 3.05) is 6.61 Å². The minimum absolute atomic E-state index is 0.141. The van der Waals surface area contributed by atoms with Crippen LogP contribution in [-0.2, 0) is 19.0 Å². The second kappa shape index (κ2) is 6.59. The first kappa shape index (κ1) is 19.1. The van der Waals surface area contributed by atoms with E-state index in [-0.39, 0.29) is 13.0 Å². The van der Waals surface area contributed by atoms with Gasteiger partial charge in [-0.15, -0.1) is 0 Å². The lowest BCUT2D eigenvalue weighted by molar-refractivity contribution is -0.160. The van der Waals surface area contributed by atoms with E-state index in [1.807, 2.05) is 0 Å². The van der Waals surface area contributed by atoms with Crippen molar-refractivity contribution in [3.05, 3.63) is 0 Å². The van der Waals surface area contributed by atoms with Crippen LogP contribution < -0.4 is 0 Å². The van der Waals surface area contributed by atoms with Gasteiger partial charge in [0.25, 0.3) is 0 Å². The Hall–Kier alpha value is -1.22. The van der Waals surface area contributed by atoms with Gasteiger partial charge in [-0.2, -0.15) is 0 Å². The first-order valence-electron chi connectivity index (χ1n) is 8.15. The fraction of sp³-hybridized carbons (Fsp3) is 0.875. The summed E-state index contributed by atoms with van der Waals surface area (Å²) in [4.78, 5) is 25.4. The van der Waals surface area contributed by atoms with Crippen LogP contribution in [0.5, 0.6) is 0 Å². The van der Waals surface area contributed by atoms with E-state index in [0.29, 0.717) is 6.42 Å². The van der Waals surface area contributed by atoms with Gasteiger partial charge in [-0.1, -0.05) is 0 Å². The highest BCUT2D eigenvalue weighted by Gasteiger charge is 2.51. The number of aliphatic hydroxyl groups excluding tert-OH is 2. The van der Waals surface area contributed by atoms with Gasteiger partial charge < -0.3 is 24.4 Å². The predicted molar refractivity (Wildman–Crippen MR) is 83.0 cm³/mol. The summed E-state index contributed by atoms with van der Waals surface area (Å²) < 4.78 is 16.5. The quantitative estimate of drug-likeness (QED) is 0.779. The van der Waals surface area contributed by atoms with Crippen LogP contribution in [0, 0.1) is 0 Å². The van der Waals surface area contributed by atoms with Crippen molar-refractivity contribution in [3.63, 3.8) is 0 Å². The SMILES string of the molecule is CC(C)(C)OC(=O)N1C(=O)CC[C@@H]1[C@H](O)[C@@H]1OC(C)(C)O[C@H]1CO. The monoisotopic (exact) mass is 345 g/mol. The molecule has 24 heavy (non-hydrogen) atoms. The number of rotatable bonds is 3. The molecular weight excluding hydrogens is 318 g/mol. The molecule has 0 aromatic rings. The highest BCUT2D eigenvalue weighted by Crippen LogP contribution is 2.34. The van der Waals surface area contributed by atoms with Gasteiger partial charge in [-0.3, -0.25) is 4.79 Å². The summed E-state index contributed by atoms with van der Waals surface area (Å²) in [7, 11) is 0. The molecular formula is C16H27NO7. The highest BCUT2D eigenvalue weighted by atomic mass is 16.8. The number of aliphatic hydroxyl groups is 2. The van der Waals surface area contributed by atoms with E-state index in [0.717, 1.165) is 4.90 Å². The predicted octanol–water partition coefficient (Wildman–Crippen LogP) is 0.786. The van der Waals surface area contributed by atoms with E-state index in [2.05, 4.69) is 0 Å². The Balaban J connectivity index is 2.16. The standard InChI is InChI=1S/C16H27NO7/c1-15(2,3)24-14(21)17-9(6-7-11(17)19)12(20)13-10(8-18)22-16(4,5)23-13/h9-10,12-13,18,20H,6-8H2,1-5H3/t9-,10+,12+,13-/m1/s1. The maximum Gasteiger partial charge on any atom is 0.417 e. The lowest BCUT2D eigenvalue weighted by Crippen LogP contribution is -2.53. The molecule has 0 aromatic carbocycles. The molecule has 2 aliphatic rings. The maximum atomic E-state index is 12.3. The van der Waals surface area contributed by atoms with Crippen LogP contribution >= 0.6 is 0 Å². The number of nitrogens with zero attached hydrogens (tertiary/aromatic N) is 1. The maximum absolute atomic E-state index is 12.3. The Morgan fingerprint density at radius 1 is 1.42 bits per heavy atom. The van der Waals surface area contributed by atoms with Gasteiger partial charge >= 0.3 is 6.09 Å². The van der Waals surface area contributed by atoms with Crippen molar-refractivity contribution in [2.24, 2.45) is 0 Å². The second-order valence-corrected chi connectivity index (χ2v) is 7.66. The van der Waals surface area contributed by atoms with Crippen LogP contribution in [-0.4, -0.2) is 69.5 Å². The number of carbonyl (C=O) groups is 2. The van der Waals surface area contributed by atoms with Crippen molar-refractivity contribution in [2.45, 2.75) is 83.2 Å². The van der Waals surface area contributed by atoms with Crippen molar-refractivity contribution in [3.8, 4) is 0 Å². The summed E-state index contributed by atoms with van der Waals surface area (Å²) in [5.41, 5.74) is -0.752. The average molecular weight is 345 g/mol. The van der Waals surface area contributed by atoms with Gasteiger partial charge in [-0.25, -0.2) is 9.69 Å². The number of hydrogen-bond acceptors (Lipinski definition) is 7. The molecule has 138 valence electrons. The summed E-state index contributed by atoms with van der Waals surface area (Å²) in [6, 6.07) is -0.774. The van der Waals surface area contributed by atoms with Gasteiger partial charge in [-0.05, 0) is 41.0 Å². The molecule has 0 unspecified atom stereocenters. The van der Waals surface area contributed by atoms with E-state index < -0.39 is 47.7 Å². The van der Waals surface area contributed by atoms with Crippen LogP contribution in [0.25, 0.3) is 0 Å². The molecule has 2 saturated heterocycles. The zero-order valence-corrected chi connectivity index (χ0v) is 14.8. The van der Waals surface area contributed by atoms with E-state index in [1.54, 1.807) is 34.6 Å². The molecule has 0 spiro atoms. The molecule has 2 rings (SSSR count). The molecule has 0 saturated carbocycles. The Bertz CT molecular complexity index is 499. The third-order valence-corrected chi connectivity index (χ3v) is 3.98. The molecule has 4 atom stereocenters. The van der Waals surface area contributed by atoms with Gasteiger partial charge in [0.05, 0.1) is 12.6 Å². The lowest BCUT2D eigenvalue weighted by atomic mass is 9.99. The Morgan fingerprint density at radius 3 is 2.58 bits per heavy atom. The van der Waals surface area contributed by atoms with Crippen LogP contribution in [0.4, 0.5) is 4.79 Å². The van der Waals surface area contributed by atoms with Crippen LogP contribution in [0.3, 0.4) is 0 Å². The lowest BCUT2D eigenvalue weighted by Gasteiger charge is -2.32. The second-order valence-electron chi connectivity index (χ2n) is 7.66. The minimum Gasteiger partial charge on any atom is -0.443 e. The number of ether oxygens (including phenoxy) is 3. The smallest absolute Gasteiger partial charge is 0.417 e. The summed E-state index contributed by atoms with van der Waals surface area (Å²) in [6.45, 7) is 8.12. The van der Waals surface area contributed by atoms with Crippen molar-refractivity contribution in [1.82, 2.24) is 4.90 Å². The molecule has 2 N–H and O–H groups in total. The zero-order valence-electron chi connectivity index (χ0n) is 14.8. The van der Waals surface area contributed by atoms with Gasteiger partial charge in [0, 0.05) is 6.42 Å². The number of likely N-dealkylation sites (tertiary alicyclic amines) is 1. The molecule has 0 bridgehead atoms. The fourth-order valence-electron chi connectivity index (χ4n) is 3.09. The van der Waals surface area contributed by atoms with E-state index >= 15 is 0 Å². The molecule has 2 fully saturated rings. The summed E-state index contributed by atoms with van der Waals surface area (Å²) in [5, 5.41) is 20.2. The Morgan fingerprint density at radius 2 is 2.04 bits per heavy atom. The molecule has 2 aliphatic heterocycles. The van der Waals surface area contributed by atoms with Crippen molar-refractivity contribution in [1.29, 1.82) is 0 Å². The van der Waals surface area contributed by atoms with Crippen LogP contribution in [0.15, 0.2) is 0 Å². The zero-order chi connectivity index (χ0) is 18.3. The third-order valence-electron chi connectivity index (χ3n) is 3.98. The summed E-state index contributed by atoms with van der Waals surface area (Å²) >= 11 is 0. The molecule has 8 heteroatoms. The molecule has 2 amide bonds. The molecule has 2 heterocycles. The van der Waals surface area contributed by atoms with E-state index in [1.165, 1.54) is 0 Å². The summed E-state index contributed by atoms with van der Waals surface area (Å²) in [6.07, 6.45) is -3.09. The first-order valence-corrected chi connectivity index (χ1v) is 8.15. The topological polar surface area (TPSA) is 106 Å². The van der Waals surface area contributed by atoms with Crippen LogP contribution in [0.2, 0.25) is 0 Å². The van der Waals surface area contributed by atoms with E-state index in [4.69, 9.17) is 14.2 Å². The number of carbonyl (C=O) groups excluding carboxylic acids is 2. The van der Waals surface area contributed by atoms with Gasteiger partial charge in [0.15, 0.2) is 5.79 Å².